The first-order valence-electron chi connectivity index (χ1n) is 12.6. The van der Waals surface area contributed by atoms with Crippen molar-refractivity contribution < 1.29 is 28.2 Å². The zero-order chi connectivity index (χ0) is 28.6. The van der Waals surface area contributed by atoms with Crippen LogP contribution in [0, 0.1) is 0 Å². The van der Waals surface area contributed by atoms with E-state index < -0.39 is 21.7 Å². The second kappa shape index (κ2) is 13.0. The molecule has 0 unspecified atom stereocenters. The van der Waals surface area contributed by atoms with Crippen molar-refractivity contribution in [2.75, 3.05) is 24.6 Å². The van der Waals surface area contributed by atoms with Crippen LogP contribution in [0.25, 0.3) is 0 Å². The number of amides is 1. The molecule has 0 fully saturated rings. The first-order chi connectivity index (χ1) is 18.3. The zero-order valence-electron chi connectivity index (χ0n) is 22.7. The molecule has 0 bridgehead atoms. The zero-order valence-corrected chi connectivity index (χ0v) is 23.5. The summed E-state index contributed by atoms with van der Waals surface area (Å²) in [5, 5.41) is 26.9. The highest BCUT2D eigenvalue weighted by Crippen LogP contribution is 2.28. The first-order valence-corrected chi connectivity index (χ1v) is 14.4. The third-order valence-corrected chi connectivity index (χ3v) is 6.74. The van der Waals surface area contributed by atoms with Gasteiger partial charge in [0.05, 0.1) is 31.6 Å². The van der Waals surface area contributed by atoms with E-state index in [9.17, 15) is 23.4 Å². The number of phenolic OH excluding ortho intramolecular Hbond substituents is 1. The number of hydrogen-bond donors (Lipinski definition) is 5. The van der Waals surface area contributed by atoms with Gasteiger partial charge in [0.15, 0.2) is 0 Å². The molecule has 0 aliphatic rings. The summed E-state index contributed by atoms with van der Waals surface area (Å²) in [6, 6.07) is 19.7. The molecule has 10 heteroatoms. The van der Waals surface area contributed by atoms with Crippen LogP contribution in [-0.2, 0) is 34.2 Å². The van der Waals surface area contributed by atoms with E-state index in [-0.39, 0.29) is 30.3 Å². The smallest absolute Gasteiger partial charge is 0.229 e. The number of aromatic hydroxyl groups is 1. The average Bonchev–Trinajstić information content (AvgIpc) is 2.86. The Bertz CT molecular complexity index is 1390. The number of aliphatic hydroxyl groups is 1. The van der Waals surface area contributed by atoms with Gasteiger partial charge in [0.2, 0.25) is 15.9 Å². The predicted molar refractivity (Wildman–Crippen MR) is 152 cm³/mol. The number of carbonyl (C=O) groups excluding carboxylic acids is 1. The summed E-state index contributed by atoms with van der Waals surface area (Å²) in [6.07, 6.45) is 0.958. The van der Waals surface area contributed by atoms with Gasteiger partial charge in [-0.1, -0.05) is 48.5 Å². The lowest BCUT2D eigenvalue weighted by molar-refractivity contribution is -0.120. The van der Waals surface area contributed by atoms with Crippen molar-refractivity contribution in [3.63, 3.8) is 0 Å². The monoisotopic (exact) mass is 555 g/mol. The topological polar surface area (TPSA) is 137 Å². The van der Waals surface area contributed by atoms with Crippen LogP contribution in [-0.4, -0.2) is 50.0 Å². The maximum absolute atomic E-state index is 12.6. The minimum Gasteiger partial charge on any atom is -0.506 e. The number of rotatable bonds is 13. The van der Waals surface area contributed by atoms with Crippen molar-refractivity contribution in [1.29, 1.82) is 0 Å². The van der Waals surface area contributed by atoms with Crippen LogP contribution in [0.1, 0.15) is 42.2 Å². The molecule has 1 amide bonds. The lowest BCUT2D eigenvalue weighted by Gasteiger charge is -2.28. The minimum atomic E-state index is -3.58. The average molecular weight is 556 g/mol. The third kappa shape index (κ3) is 9.58. The second-order valence-corrected chi connectivity index (χ2v) is 11.9. The molecule has 0 aromatic heterocycles. The summed E-state index contributed by atoms with van der Waals surface area (Å²) in [5.41, 5.74) is 2.93. The number of ether oxygens (including phenoxy) is 1. The molecule has 0 saturated heterocycles. The predicted octanol–water partition coefficient (Wildman–Crippen LogP) is 3.28. The van der Waals surface area contributed by atoms with Gasteiger partial charge in [0.25, 0.3) is 0 Å². The molecule has 1 atom stereocenters. The van der Waals surface area contributed by atoms with Crippen LogP contribution in [0.4, 0.5) is 5.69 Å². The fourth-order valence-corrected chi connectivity index (χ4v) is 4.81. The van der Waals surface area contributed by atoms with E-state index in [1.807, 2.05) is 62.4 Å². The molecule has 5 N–H and O–H groups in total. The maximum Gasteiger partial charge on any atom is 0.229 e. The fraction of sp³-hybridized carbons (Fsp3) is 0.345. The Balaban J connectivity index is 1.56. The molecule has 3 rings (SSSR count). The molecule has 0 spiro atoms. The van der Waals surface area contributed by atoms with Crippen molar-refractivity contribution in [2.45, 2.75) is 44.9 Å². The van der Waals surface area contributed by atoms with E-state index in [4.69, 9.17) is 4.74 Å². The van der Waals surface area contributed by atoms with Crippen LogP contribution in [0.3, 0.4) is 0 Å². The Labute approximate surface area is 230 Å². The van der Waals surface area contributed by atoms with Gasteiger partial charge in [0, 0.05) is 24.2 Å². The van der Waals surface area contributed by atoms with E-state index in [0.29, 0.717) is 18.5 Å². The fourth-order valence-electron chi connectivity index (χ4n) is 4.25. The molecule has 0 heterocycles. The largest absolute Gasteiger partial charge is 0.506 e. The van der Waals surface area contributed by atoms with E-state index in [2.05, 4.69) is 15.4 Å². The van der Waals surface area contributed by atoms with Crippen molar-refractivity contribution in [3.05, 3.63) is 89.0 Å². The molecule has 210 valence electrons. The summed E-state index contributed by atoms with van der Waals surface area (Å²) in [4.78, 5) is 12.6. The normalized spacial score (nSPS) is 12.5. The number of nitrogens with one attached hydrogen (secondary N) is 3. The molecule has 0 radical (unpaired) electrons. The molecule has 39 heavy (non-hydrogen) atoms. The lowest BCUT2D eigenvalue weighted by Crippen LogP contribution is -2.43. The highest BCUT2D eigenvalue weighted by Gasteiger charge is 2.21. The number of aliphatic hydroxyl groups excluding tert-OH is 1. The van der Waals surface area contributed by atoms with Crippen molar-refractivity contribution in [2.24, 2.45) is 0 Å². The lowest BCUT2D eigenvalue weighted by atomic mass is 9.93. The molecule has 9 nitrogen and oxygen atoms in total. The maximum atomic E-state index is 12.6. The van der Waals surface area contributed by atoms with Crippen LogP contribution < -0.4 is 20.1 Å². The van der Waals surface area contributed by atoms with Gasteiger partial charge in [-0.2, -0.15) is 0 Å². The van der Waals surface area contributed by atoms with Crippen LogP contribution in [0.2, 0.25) is 0 Å². The van der Waals surface area contributed by atoms with Gasteiger partial charge in [-0.15, -0.1) is 0 Å². The minimum absolute atomic E-state index is 0.0112. The van der Waals surface area contributed by atoms with Gasteiger partial charge < -0.3 is 25.6 Å². The first kappa shape index (κ1) is 29.9. The number of β-amino-alcohol motifs (C(OH)–C–C–N with tert-alkyl or cyclic N) is 1. The number of benzene rings is 3. The molecular formula is C29H37N3O6S. The number of methoxy groups -OCH3 is 1. The van der Waals surface area contributed by atoms with Crippen LogP contribution in [0.15, 0.2) is 66.7 Å². The number of anilines is 1. The SMILES string of the molecule is COc1ccccc1CNC(=O)Cc1cccc(CC(C)(C)NC[C@@H](O)c2ccc(O)c(NS(C)(=O)=O)c2)c1. The van der Waals surface area contributed by atoms with Crippen molar-refractivity contribution >= 4 is 21.6 Å². The molecule has 0 aliphatic carbocycles. The number of carbonyl (C=O) groups is 1. The number of sulfonamides is 1. The Kier molecular flexibility index (Phi) is 9.96. The van der Waals surface area contributed by atoms with Gasteiger partial charge in [-0.05, 0) is 55.2 Å². The number of hydrogen-bond acceptors (Lipinski definition) is 7. The summed E-state index contributed by atoms with van der Waals surface area (Å²) >= 11 is 0. The van der Waals surface area contributed by atoms with E-state index in [1.165, 1.54) is 12.1 Å². The Hall–Kier alpha value is -3.60. The van der Waals surface area contributed by atoms with Crippen molar-refractivity contribution in [1.82, 2.24) is 10.6 Å². The Morgan fingerprint density at radius 1 is 1.03 bits per heavy atom. The van der Waals surface area contributed by atoms with Crippen molar-refractivity contribution in [3.8, 4) is 11.5 Å². The van der Waals surface area contributed by atoms with Gasteiger partial charge in [0.1, 0.15) is 11.5 Å². The summed E-state index contributed by atoms with van der Waals surface area (Å²) < 4.78 is 30.7. The van der Waals surface area contributed by atoms with Gasteiger partial charge in [-0.25, -0.2) is 8.42 Å². The Morgan fingerprint density at radius 2 is 1.74 bits per heavy atom. The highest BCUT2D eigenvalue weighted by molar-refractivity contribution is 7.92. The quantitative estimate of drug-likeness (QED) is 0.204. The third-order valence-electron chi connectivity index (χ3n) is 6.15. The Morgan fingerprint density at radius 3 is 2.46 bits per heavy atom. The second-order valence-electron chi connectivity index (χ2n) is 10.2. The van der Waals surface area contributed by atoms with E-state index >= 15 is 0 Å². The molecular weight excluding hydrogens is 518 g/mol. The molecule has 0 saturated carbocycles. The van der Waals surface area contributed by atoms with Crippen LogP contribution in [0.5, 0.6) is 11.5 Å². The van der Waals surface area contributed by atoms with Gasteiger partial charge in [-0.3, -0.25) is 9.52 Å². The summed E-state index contributed by atoms with van der Waals surface area (Å²) in [5.74, 6) is 0.422. The molecule has 3 aromatic rings. The highest BCUT2D eigenvalue weighted by atomic mass is 32.2. The van der Waals surface area contributed by atoms with E-state index in [0.717, 1.165) is 28.7 Å². The van der Waals surface area contributed by atoms with E-state index in [1.54, 1.807) is 13.2 Å². The summed E-state index contributed by atoms with van der Waals surface area (Å²) in [7, 11) is -1.98. The standard InChI is InChI=1S/C29H37N3O6S/c1-29(2,31-19-26(34)22-12-13-25(33)24(16-22)32-39(4,36)37)17-21-9-7-8-20(14-21)15-28(35)30-18-23-10-5-6-11-27(23)38-3/h5-14,16,26,31-34H,15,17-19H2,1-4H3,(H,30,35)/t26-/m1/s1. The van der Waals surface area contributed by atoms with Gasteiger partial charge >= 0.3 is 0 Å². The van der Waals surface area contributed by atoms with Crippen LogP contribution >= 0.6 is 0 Å². The molecule has 3 aromatic carbocycles. The summed E-state index contributed by atoms with van der Waals surface area (Å²) in [6.45, 7) is 4.62. The number of phenols is 1. The number of para-hydroxylation sites is 1. The molecule has 0 aliphatic heterocycles.